The highest BCUT2D eigenvalue weighted by Crippen LogP contribution is 2.21. The summed E-state index contributed by atoms with van der Waals surface area (Å²) in [6.07, 6.45) is 1.42. The van der Waals surface area contributed by atoms with E-state index in [1.165, 1.54) is 37.0 Å². The van der Waals surface area contributed by atoms with Crippen LogP contribution in [0, 0.1) is 6.92 Å². The van der Waals surface area contributed by atoms with Crippen molar-refractivity contribution >= 4 is 16.0 Å². The van der Waals surface area contributed by atoms with E-state index in [2.05, 4.69) is 5.10 Å². The van der Waals surface area contributed by atoms with Gasteiger partial charge in [0.25, 0.3) is 0 Å². The molecule has 28 heavy (non-hydrogen) atoms. The highest BCUT2D eigenvalue weighted by Gasteiger charge is 2.22. The van der Waals surface area contributed by atoms with Crippen LogP contribution in [0.15, 0.2) is 41.1 Å². The monoisotopic (exact) mass is 410 g/mol. The molecule has 0 bridgehead atoms. The van der Waals surface area contributed by atoms with Gasteiger partial charge in [-0.05, 0) is 30.7 Å². The van der Waals surface area contributed by atoms with Crippen LogP contribution in [0.1, 0.15) is 27.3 Å². The summed E-state index contributed by atoms with van der Waals surface area (Å²) in [7, 11) is -0.661. The maximum Gasteiger partial charge on any atom is 0.356 e. The Bertz CT molecular complexity index is 995. The Morgan fingerprint density at radius 3 is 2.43 bits per heavy atom. The predicted octanol–water partition coefficient (Wildman–Crippen LogP) is 1.54. The molecule has 0 aliphatic heterocycles. The number of carboxylic acids is 1. The minimum Gasteiger partial charge on any atom is -0.476 e. The van der Waals surface area contributed by atoms with Gasteiger partial charge in [0.2, 0.25) is 10.0 Å². The van der Waals surface area contributed by atoms with E-state index >= 15 is 0 Å². The molecule has 0 saturated heterocycles. The summed E-state index contributed by atoms with van der Waals surface area (Å²) in [5.74, 6) is -1.72. The number of carbonyl (C=O) groups is 1. The van der Waals surface area contributed by atoms with E-state index in [1.807, 2.05) is 0 Å². The fraction of sp³-hybridized carbons (Fsp3) is 0.333. The second-order valence-corrected chi connectivity index (χ2v) is 8.52. The van der Waals surface area contributed by atoms with Crippen LogP contribution >= 0.6 is 0 Å². The number of carboxylic acid groups (broad SMARTS) is 1. The molecule has 152 valence electrons. The van der Waals surface area contributed by atoms with Gasteiger partial charge >= 0.3 is 5.97 Å². The molecule has 0 saturated carbocycles. The van der Waals surface area contributed by atoms with Crippen LogP contribution in [0.5, 0.6) is 0 Å². The standard InChI is InChI=1S/C18H23FN4O4S/c1-12-16(17(18(24)25)21-23(12)11-14(19)8-9-20)10-13-4-6-15(7-5-13)28(26,27)22(2)3/h4-8H,9-11,20H2,1-3H3,(H,24,25). The zero-order chi connectivity index (χ0) is 21.1. The normalized spacial score (nSPS) is 12.6. The third-order valence-electron chi connectivity index (χ3n) is 4.26. The van der Waals surface area contributed by atoms with E-state index in [4.69, 9.17) is 5.73 Å². The van der Waals surface area contributed by atoms with Crippen LogP contribution in [0.4, 0.5) is 4.39 Å². The van der Waals surface area contributed by atoms with Crippen molar-refractivity contribution in [1.29, 1.82) is 0 Å². The van der Waals surface area contributed by atoms with Crippen molar-refractivity contribution in [1.82, 2.24) is 14.1 Å². The van der Waals surface area contributed by atoms with E-state index in [0.717, 1.165) is 4.31 Å². The molecular weight excluding hydrogens is 387 g/mol. The second-order valence-electron chi connectivity index (χ2n) is 6.37. The van der Waals surface area contributed by atoms with Crippen LogP contribution in [-0.4, -0.2) is 54.2 Å². The molecule has 3 N–H and O–H groups in total. The number of aromatic nitrogens is 2. The largest absolute Gasteiger partial charge is 0.476 e. The Morgan fingerprint density at radius 1 is 1.32 bits per heavy atom. The third kappa shape index (κ3) is 4.64. The Hall–Kier alpha value is -2.56. The van der Waals surface area contributed by atoms with Crippen LogP contribution in [0.2, 0.25) is 0 Å². The Morgan fingerprint density at radius 2 is 1.93 bits per heavy atom. The molecule has 10 heteroatoms. The number of hydrogen-bond donors (Lipinski definition) is 2. The first-order valence-electron chi connectivity index (χ1n) is 8.43. The summed E-state index contributed by atoms with van der Waals surface area (Å²) >= 11 is 0. The number of sulfonamides is 1. The highest BCUT2D eigenvalue weighted by atomic mass is 32.2. The lowest BCUT2D eigenvalue weighted by molar-refractivity contribution is 0.0688. The van der Waals surface area contributed by atoms with Gasteiger partial charge in [0.05, 0.1) is 11.4 Å². The number of nitrogens with zero attached hydrogens (tertiary/aromatic N) is 3. The molecular formula is C18H23FN4O4S. The minimum atomic E-state index is -3.55. The number of benzene rings is 1. The smallest absolute Gasteiger partial charge is 0.356 e. The average Bonchev–Trinajstić information content (AvgIpc) is 2.92. The van der Waals surface area contributed by atoms with Crippen molar-refractivity contribution in [2.24, 2.45) is 5.73 Å². The molecule has 2 aromatic rings. The molecule has 0 amide bonds. The van der Waals surface area contributed by atoms with E-state index in [9.17, 15) is 22.7 Å². The number of aromatic carboxylic acids is 1. The van der Waals surface area contributed by atoms with Crippen molar-refractivity contribution in [3.05, 3.63) is 58.7 Å². The summed E-state index contributed by atoms with van der Waals surface area (Å²) in [5.41, 5.74) is 6.78. The molecule has 1 aromatic heterocycles. The topological polar surface area (TPSA) is 119 Å². The van der Waals surface area contributed by atoms with E-state index in [1.54, 1.807) is 19.1 Å². The summed E-state index contributed by atoms with van der Waals surface area (Å²) in [5, 5.41) is 13.4. The van der Waals surface area contributed by atoms with Crippen LogP contribution in [-0.2, 0) is 23.0 Å². The Balaban J connectivity index is 2.36. The SMILES string of the molecule is Cc1c(Cc2ccc(S(=O)(=O)N(C)C)cc2)c(C(=O)O)nn1CC(F)=CCN. The van der Waals surface area contributed by atoms with Gasteiger partial charge in [-0.15, -0.1) is 0 Å². The maximum atomic E-state index is 13.8. The lowest BCUT2D eigenvalue weighted by Crippen LogP contribution is -2.22. The summed E-state index contributed by atoms with van der Waals surface area (Å²) in [4.78, 5) is 11.7. The minimum absolute atomic E-state index is 0.0347. The van der Waals surface area contributed by atoms with Crippen LogP contribution in [0.25, 0.3) is 0 Å². The quantitative estimate of drug-likeness (QED) is 0.681. The molecule has 0 aliphatic carbocycles. The maximum absolute atomic E-state index is 13.8. The van der Waals surface area contributed by atoms with Gasteiger partial charge in [-0.1, -0.05) is 12.1 Å². The lowest BCUT2D eigenvalue weighted by Gasteiger charge is -2.11. The molecule has 1 aromatic carbocycles. The first-order chi connectivity index (χ1) is 13.1. The van der Waals surface area contributed by atoms with Gasteiger partial charge in [-0.3, -0.25) is 4.68 Å². The first kappa shape index (κ1) is 21.7. The number of halogens is 1. The van der Waals surface area contributed by atoms with Gasteiger partial charge in [0.15, 0.2) is 5.69 Å². The van der Waals surface area contributed by atoms with Crippen molar-refractivity contribution in [3.63, 3.8) is 0 Å². The molecule has 0 unspecified atom stereocenters. The molecule has 0 radical (unpaired) electrons. The summed E-state index contributed by atoms with van der Waals surface area (Å²) < 4.78 is 40.5. The zero-order valence-corrected chi connectivity index (χ0v) is 16.7. The summed E-state index contributed by atoms with van der Waals surface area (Å²) in [6, 6.07) is 6.17. The van der Waals surface area contributed by atoms with Crippen LogP contribution < -0.4 is 5.73 Å². The predicted molar refractivity (Wildman–Crippen MR) is 102 cm³/mol. The number of allylic oxidation sites excluding steroid dienone is 1. The third-order valence-corrected chi connectivity index (χ3v) is 6.09. The van der Waals surface area contributed by atoms with Crippen molar-refractivity contribution in [2.75, 3.05) is 20.6 Å². The molecule has 0 spiro atoms. The fourth-order valence-electron chi connectivity index (χ4n) is 2.65. The van der Waals surface area contributed by atoms with Gasteiger partial charge < -0.3 is 10.8 Å². The molecule has 0 fully saturated rings. The number of nitrogens with two attached hydrogens (primary N) is 1. The number of hydrogen-bond acceptors (Lipinski definition) is 5. The van der Waals surface area contributed by atoms with Gasteiger partial charge in [0, 0.05) is 38.3 Å². The van der Waals surface area contributed by atoms with Crippen molar-refractivity contribution < 1.29 is 22.7 Å². The lowest BCUT2D eigenvalue weighted by atomic mass is 10.0. The molecule has 0 aliphatic rings. The second kappa shape index (κ2) is 8.63. The van der Waals surface area contributed by atoms with Gasteiger partial charge in [0.1, 0.15) is 5.83 Å². The van der Waals surface area contributed by atoms with Crippen LogP contribution in [0.3, 0.4) is 0 Å². The van der Waals surface area contributed by atoms with Gasteiger partial charge in [-0.25, -0.2) is 21.9 Å². The Labute approximate surface area is 163 Å². The molecule has 1 heterocycles. The summed E-state index contributed by atoms with van der Waals surface area (Å²) in [6.45, 7) is 1.49. The van der Waals surface area contributed by atoms with E-state index in [0.29, 0.717) is 16.8 Å². The highest BCUT2D eigenvalue weighted by molar-refractivity contribution is 7.89. The van der Waals surface area contributed by atoms with E-state index in [-0.39, 0.29) is 30.1 Å². The zero-order valence-electron chi connectivity index (χ0n) is 15.9. The number of rotatable bonds is 8. The first-order valence-corrected chi connectivity index (χ1v) is 9.87. The molecule has 2 rings (SSSR count). The fourth-order valence-corrected chi connectivity index (χ4v) is 3.55. The molecule has 0 atom stereocenters. The van der Waals surface area contributed by atoms with Gasteiger partial charge in [-0.2, -0.15) is 5.10 Å². The van der Waals surface area contributed by atoms with E-state index < -0.39 is 21.8 Å². The average molecular weight is 410 g/mol. The van der Waals surface area contributed by atoms with Crippen molar-refractivity contribution in [3.8, 4) is 0 Å². The van der Waals surface area contributed by atoms with Crippen molar-refractivity contribution in [2.45, 2.75) is 24.8 Å². The Kier molecular flexibility index (Phi) is 6.70. The molecule has 8 nitrogen and oxygen atoms in total.